The molecule has 1 aromatic rings. The third-order valence-electron chi connectivity index (χ3n) is 2.08. The van der Waals surface area contributed by atoms with Crippen molar-refractivity contribution in [2.45, 2.75) is 13.2 Å². The summed E-state index contributed by atoms with van der Waals surface area (Å²) in [6, 6.07) is 3.52. The van der Waals surface area contributed by atoms with Crippen LogP contribution in [0, 0.1) is 6.92 Å². The second-order valence-corrected chi connectivity index (χ2v) is 3.01. The topological polar surface area (TPSA) is 64.7 Å². The number of aryl methyl sites for hydroxylation is 1. The molecule has 0 aromatic heterocycles. The van der Waals surface area contributed by atoms with E-state index in [1.54, 1.807) is 6.07 Å². The smallest absolute Gasteiger partial charge is 0.231 e. The summed E-state index contributed by atoms with van der Waals surface area (Å²) in [4.78, 5) is 0. The van der Waals surface area contributed by atoms with E-state index in [4.69, 9.17) is 15.2 Å². The molecule has 0 saturated heterocycles. The van der Waals surface area contributed by atoms with E-state index in [0.29, 0.717) is 17.1 Å². The SMILES string of the molecule is Cc1cc2c(cc1C(N)O)OCO2. The summed E-state index contributed by atoms with van der Waals surface area (Å²) in [5.41, 5.74) is 6.94. The molecule has 1 unspecified atom stereocenters. The van der Waals surface area contributed by atoms with Gasteiger partial charge in [0.2, 0.25) is 6.79 Å². The van der Waals surface area contributed by atoms with Crippen LogP contribution in [-0.4, -0.2) is 11.9 Å². The lowest BCUT2D eigenvalue weighted by molar-refractivity contribution is 0.172. The lowest BCUT2D eigenvalue weighted by atomic mass is 10.1. The number of aliphatic hydroxyl groups is 1. The minimum Gasteiger partial charge on any atom is -0.454 e. The Morgan fingerprint density at radius 2 is 2.00 bits per heavy atom. The van der Waals surface area contributed by atoms with Gasteiger partial charge in [0.1, 0.15) is 6.23 Å². The van der Waals surface area contributed by atoms with E-state index in [-0.39, 0.29) is 6.79 Å². The average molecular weight is 181 g/mol. The fraction of sp³-hybridized carbons (Fsp3) is 0.333. The zero-order chi connectivity index (χ0) is 9.42. The van der Waals surface area contributed by atoms with Gasteiger partial charge in [0.25, 0.3) is 0 Å². The van der Waals surface area contributed by atoms with E-state index in [1.165, 1.54) is 0 Å². The van der Waals surface area contributed by atoms with Gasteiger partial charge in [-0.05, 0) is 24.6 Å². The monoisotopic (exact) mass is 181 g/mol. The molecule has 4 nitrogen and oxygen atoms in total. The molecule has 2 rings (SSSR count). The summed E-state index contributed by atoms with van der Waals surface area (Å²) >= 11 is 0. The second-order valence-electron chi connectivity index (χ2n) is 3.01. The van der Waals surface area contributed by atoms with Crippen molar-refractivity contribution >= 4 is 0 Å². The maximum Gasteiger partial charge on any atom is 0.231 e. The van der Waals surface area contributed by atoms with Crippen LogP contribution in [0.15, 0.2) is 12.1 Å². The molecular formula is C9H11NO3. The fourth-order valence-electron chi connectivity index (χ4n) is 1.38. The molecule has 0 aliphatic carbocycles. The number of hydrogen-bond donors (Lipinski definition) is 2. The van der Waals surface area contributed by atoms with E-state index in [2.05, 4.69) is 0 Å². The molecule has 0 spiro atoms. The molecule has 1 heterocycles. The highest BCUT2D eigenvalue weighted by atomic mass is 16.7. The van der Waals surface area contributed by atoms with Crippen molar-refractivity contribution in [1.82, 2.24) is 0 Å². The Labute approximate surface area is 75.9 Å². The molecule has 1 aliphatic rings. The molecule has 4 heteroatoms. The molecule has 0 amide bonds. The first-order valence-corrected chi connectivity index (χ1v) is 4.02. The van der Waals surface area contributed by atoms with Gasteiger partial charge in [0.15, 0.2) is 11.5 Å². The van der Waals surface area contributed by atoms with Crippen LogP contribution >= 0.6 is 0 Å². The minimum atomic E-state index is -0.963. The molecule has 1 aromatic carbocycles. The summed E-state index contributed by atoms with van der Waals surface area (Å²) < 4.78 is 10.3. The van der Waals surface area contributed by atoms with Gasteiger partial charge in [-0.2, -0.15) is 0 Å². The third kappa shape index (κ3) is 1.34. The minimum absolute atomic E-state index is 0.235. The van der Waals surface area contributed by atoms with Gasteiger partial charge in [-0.3, -0.25) is 0 Å². The molecule has 0 saturated carbocycles. The van der Waals surface area contributed by atoms with Gasteiger partial charge >= 0.3 is 0 Å². The molecule has 0 fully saturated rings. The number of fused-ring (bicyclic) bond motifs is 1. The molecule has 0 radical (unpaired) electrons. The Morgan fingerprint density at radius 3 is 2.62 bits per heavy atom. The van der Waals surface area contributed by atoms with Crippen molar-refractivity contribution in [3.8, 4) is 11.5 Å². The van der Waals surface area contributed by atoms with Crippen LogP contribution in [-0.2, 0) is 0 Å². The van der Waals surface area contributed by atoms with E-state index >= 15 is 0 Å². The molecular weight excluding hydrogens is 170 g/mol. The summed E-state index contributed by atoms with van der Waals surface area (Å²) in [5, 5.41) is 9.22. The lowest BCUT2D eigenvalue weighted by Crippen LogP contribution is -2.09. The summed E-state index contributed by atoms with van der Waals surface area (Å²) in [7, 11) is 0. The number of aliphatic hydroxyl groups excluding tert-OH is 1. The standard InChI is InChI=1S/C9H11NO3/c1-5-2-7-8(13-4-12-7)3-6(5)9(10)11/h2-3,9,11H,4,10H2,1H3. The van der Waals surface area contributed by atoms with Gasteiger partial charge < -0.3 is 20.3 Å². The normalized spacial score (nSPS) is 15.9. The first-order chi connectivity index (χ1) is 6.18. The maximum atomic E-state index is 9.22. The van der Waals surface area contributed by atoms with Crippen molar-refractivity contribution in [2.24, 2.45) is 5.73 Å². The van der Waals surface area contributed by atoms with Crippen molar-refractivity contribution in [3.63, 3.8) is 0 Å². The van der Waals surface area contributed by atoms with E-state index in [1.807, 2.05) is 13.0 Å². The zero-order valence-corrected chi connectivity index (χ0v) is 7.28. The van der Waals surface area contributed by atoms with Crippen LogP contribution in [0.5, 0.6) is 11.5 Å². The Bertz CT molecular complexity index is 336. The van der Waals surface area contributed by atoms with Gasteiger partial charge in [0, 0.05) is 5.56 Å². The van der Waals surface area contributed by atoms with E-state index in [0.717, 1.165) is 5.56 Å². The zero-order valence-electron chi connectivity index (χ0n) is 7.28. The Kier molecular flexibility index (Phi) is 1.86. The quantitative estimate of drug-likeness (QED) is 0.625. The average Bonchev–Trinajstić information content (AvgIpc) is 2.48. The van der Waals surface area contributed by atoms with E-state index in [9.17, 15) is 5.11 Å². The predicted molar refractivity (Wildman–Crippen MR) is 46.4 cm³/mol. The Balaban J connectivity index is 2.49. The number of nitrogens with two attached hydrogens (primary N) is 1. The fourth-order valence-corrected chi connectivity index (χ4v) is 1.38. The van der Waals surface area contributed by atoms with Crippen LogP contribution in [0.2, 0.25) is 0 Å². The third-order valence-corrected chi connectivity index (χ3v) is 2.08. The summed E-state index contributed by atoms with van der Waals surface area (Å²) in [6.45, 7) is 2.10. The molecule has 13 heavy (non-hydrogen) atoms. The number of rotatable bonds is 1. The largest absolute Gasteiger partial charge is 0.454 e. The predicted octanol–water partition coefficient (Wildman–Crippen LogP) is 0.673. The first-order valence-electron chi connectivity index (χ1n) is 4.02. The van der Waals surface area contributed by atoms with Crippen LogP contribution in [0.1, 0.15) is 17.4 Å². The number of ether oxygens (including phenoxy) is 2. The van der Waals surface area contributed by atoms with Crippen molar-refractivity contribution in [2.75, 3.05) is 6.79 Å². The van der Waals surface area contributed by atoms with Crippen LogP contribution in [0.3, 0.4) is 0 Å². The molecule has 0 bridgehead atoms. The molecule has 70 valence electrons. The molecule has 3 N–H and O–H groups in total. The van der Waals surface area contributed by atoms with Gasteiger partial charge in [-0.1, -0.05) is 0 Å². The maximum absolute atomic E-state index is 9.22. The Morgan fingerprint density at radius 1 is 1.38 bits per heavy atom. The van der Waals surface area contributed by atoms with Gasteiger partial charge in [-0.15, -0.1) is 0 Å². The summed E-state index contributed by atoms with van der Waals surface area (Å²) in [5.74, 6) is 1.35. The highest BCUT2D eigenvalue weighted by Crippen LogP contribution is 2.35. The Hall–Kier alpha value is -1.26. The van der Waals surface area contributed by atoms with Crippen molar-refractivity contribution < 1.29 is 14.6 Å². The number of hydrogen-bond acceptors (Lipinski definition) is 4. The molecule has 1 atom stereocenters. The first kappa shape index (κ1) is 8.34. The van der Waals surface area contributed by atoms with E-state index < -0.39 is 6.23 Å². The van der Waals surface area contributed by atoms with Gasteiger partial charge in [-0.25, -0.2) is 0 Å². The van der Waals surface area contributed by atoms with Crippen molar-refractivity contribution in [1.29, 1.82) is 0 Å². The lowest BCUT2D eigenvalue weighted by Gasteiger charge is -2.09. The highest BCUT2D eigenvalue weighted by molar-refractivity contribution is 5.48. The highest BCUT2D eigenvalue weighted by Gasteiger charge is 2.17. The van der Waals surface area contributed by atoms with Crippen LogP contribution in [0.25, 0.3) is 0 Å². The van der Waals surface area contributed by atoms with Gasteiger partial charge in [0.05, 0.1) is 0 Å². The van der Waals surface area contributed by atoms with Crippen LogP contribution in [0.4, 0.5) is 0 Å². The van der Waals surface area contributed by atoms with Crippen LogP contribution < -0.4 is 15.2 Å². The molecule has 1 aliphatic heterocycles. The second kappa shape index (κ2) is 2.90. The van der Waals surface area contributed by atoms with Crippen molar-refractivity contribution in [3.05, 3.63) is 23.3 Å². The number of benzene rings is 1. The summed E-state index contributed by atoms with van der Waals surface area (Å²) in [6.07, 6.45) is -0.963.